The van der Waals surface area contributed by atoms with Crippen LogP contribution in [0.3, 0.4) is 0 Å². The van der Waals surface area contributed by atoms with E-state index in [1.54, 1.807) is 12.5 Å². The van der Waals surface area contributed by atoms with Crippen LogP contribution >= 0.6 is 0 Å². The predicted molar refractivity (Wildman–Crippen MR) is 72.7 cm³/mol. The number of allylic oxidation sites excluding steroid dienone is 3. The molecule has 0 amide bonds. The molecule has 0 bridgehead atoms. The first-order chi connectivity index (χ1) is 8.80. The topological polar surface area (TPSA) is 38.7 Å². The van der Waals surface area contributed by atoms with E-state index in [2.05, 4.69) is 26.5 Å². The van der Waals surface area contributed by atoms with Crippen LogP contribution in [0.25, 0.3) is 0 Å². The van der Waals surface area contributed by atoms with Gasteiger partial charge in [-0.25, -0.2) is 0 Å². The number of fused-ring (bicyclic) bond motifs is 2. The summed E-state index contributed by atoms with van der Waals surface area (Å²) < 4.78 is 11.0. The van der Waals surface area contributed by atoms with Crippen molar-refractivity contribution in [3.05, 3.63) is 48.2 Å². The van der Waals surface area contributed by atoms with E-state index >= 15 is 0 Å². The van der Waals surface area contributed by atoms with Gasteiger partial charge in [0.05, 0.1) is 12.5 Å². The molecule has 2 heterocycles. The number of hydrogen-bond donors (Lipinski definition) is 1. The highest BCUT2D eigenvalue weighted by atomic mass is 16.6. The Labute approximate surface area is 113 Å². The van der Waals surface area contributed by atoms with E-state index in [1.807, 2.05) is 13.0 Å². The summed E-state index contributed by atoms with van der Waals surface area (Å²) in [5, 5.41) is 10.8. The van der Waals surface area contributed by atoms with Crippen molar-refractivity contribution in [1.82, 2.24) is 0 Å². The van der Waals surface area contributed by atoms with Gasteiger partial charge < -0.3 is 14.6 Å². The first-order valence-corrected chi connectivity index (χ1v) is 6.62. The number of aliphatic hydroxyl groups is 1. The summed E-state index contributed by atoms with van der Waals surface area (Å²) in [5.74, 6) is -0.622. The van der Waals surface area contributed by atoms with Crippen molar-refractivity contribution in [2.24, 2.45) is 10.8 Å². The van der Waals surface area contributed by atoms with Gasteiger partial charge in [-0.3, -0.25) is 0 Å². The summed E-state index contributed by atoms with van der Waals surface area (Å²) in [4.78, 5) is 0. The van der Waals surface area contributed by atoms with Gasteiger partial charge in [-0.05, 0) is 31.1 Å². The molecule has 1 saturated carbocycles. The first kappa shape index (κ1) is 12.5. The zero-order chi connectivity index (χ0) is 13.9. The first-order valence-electron chi connectivity index (χ1n) is 6.62. The fourth-order valence-corrected chi connectivity index (χ4v) is 3.41. The second kappa shape index (κ2) is 3.54. The van der Waals surface area contributed by atoms with Crippen LogP contribution in [0.15, 0.2) is 48.2 Å². The van der Waals surface area contributed by atoms with E-state index in [1.165, 1.54) is 0 Å². The second-order valence-corrected chi connectivity index (χ2v) is 6.34. The van der Waals surface area contributed by atoms with Gasteiger partial charge in [0.2, 0.25) is 5.79 Å². The third-order valence-electron chi connectivity index (χ3n) is 5.12. The van der Waals surface area contributed by atoms with Crippen LogP contribution < -0.4 is 0 Å². The maximum Gasteiger partial charge on any atom is 0.232 e. The molecule has 3 unspecified atom stereocenters. The van der Waals surface area contributed by atoms with E-state index in [0.717, 1.165) is 17.6 Å². The van der Waals surface area contributed by atoms with Crippen molar-refractivity contribution >= 4 is 0 Å². The quantitative estimate of drug-likeness (QED) is 0.725. The molecule has 1 fully saturated rings. The van der Waals surface area contributed by atoms with Gasteiger partial charge in [0.15, 0.2) is 0 Å². The SMILES string of the molecule is C=C1OC2(O)CC3(C)C=COC=CC3(C)CC2=C1C. The number of hydrogen-bond acceptors (Lipinski definition) is 3. The average Bonchev–Trinajstić information content (AvgIpc) is 2.46. The minimum atomic E-state index is -1.21. The van der Waals surface area contributed by atoms with Crippen molar-refractivity contribution < 1.29 is 14.6 Å². The summed E-state index contributed by atoms with van der Waals surface area (Å²) in [6.07, 6.45) is 8.79. The molecule has 0 aromatic heterocycles. The summed E-state index contributed by atoms with van der Waals surface area (Å²) in [6.45, 7) is 10.2. The Bertz CT molecular complexity index is 542. The Balaban J connectivity index is 2.14. The zero-order valence-electron chi connectivity index (χ0n) is 11.7. The molecule has 3 rings (SSSR count). The van der Waals surface area contributed by atoms with Gasteiger partial charge in [0, 0.05) is 22.8 Å². The molecule has 3 atom stereocenters. The lowest BCUT2D eigenvalue weighted by Crippen LogP contribution is -2.50. The second-order valence-electron chi connectivity index (χ2n) is 6.34. The van der Waals surface area contributed by atoms with Gasteiger partial charge >= 0.3 is 0 Å². The molecule has 19 heavy (non-hydrogen) atoms. The Hall–Kier alpha value is -1.48. The smallest absolute Gasteiger partial charge is 0.232 e. The van der Waals surface area contributed by atoms with Crippen LogP contribution in [0.4, 0.5) is 0 Å². The van der Waals surface area contributed by atoms with Crippen LogP contribution in [0.2, 0.25) is 0 Å². The Kier molecular flexibility index (Phi) is 2.34. The molecule has 3 heteroatoms. The molecule has 0 aromatic rings. The summed E-state index contributed by atoms with van der Waals surface area (Å²) in [7, 11) is 0. The van der Waals surface area contributed by atoms with E-state index in [9.17, 15) is 5.11 Å². The van der Waals surface area contributed by atoms with Crippen molar-refractivity contribution in [2.75, 3.05) is 0 Å². The maximum absolute atomic E-state index is 10.8. The molecular weight excluding hydrogens is 240 g/mol. The predicted octanol–water partition coefficient (Wildman–Crippen LogP) is 3.40. The Morgan fingerprint density at radius 1 is 1.21 bits per heavy atom. The molecule has 1 N–H and O–H groups in total. The largest absolute Gasteiger partial charge is 0.473 e. The minimum absolute atomic E-state index is 0.100. The van der Waals surface area contributed by atoms with Crippen molar-refractivity contribution in [3.8, 4) is 0 Å². The van der Waals surface area contributed by atoms with E-state index in [-0.39, 0.29) is 10.8 Å². The fraction of sp³-hybridized carbons (Fsp3) is 0.500. The lowest BCUT2D eigenvalue weighted by atomic mass is 9.55. The van der Waals surface area contributed by atoms with Gasteiger partial charge in [-0.2, -0.15) is 0 Å². The standard InChI is InChI=1S/C16H20O3/c1-11-12(2)19-16(17)10-15(4)6-8-18-7-5-14(15,3)9-13(11)16/h5-8,17H,2,9-10H2,1,3-4H3. The van der Waals surface area contributed by atoms with Crippen LogP contribution in [0.1, 0.15) is 33.6 Å². The molecule has 3 nitrogen and oxygen atoms in total. The Morgan fingerprint density at radius 2 is 1.84 bits per heavy atom. The van der Waals surface area contributed by atoms with Crippen molar-refractivity contribution in [3.63, 3.8) is 0 Å². The average molecular weight is 260 g/mol. The molecule has 2 aliphatic heterocycles. The molecule has 102 valence electrons. The third-order valence-corrected chi connectivity index (χ3v) is 5.12. The van der Waals surface area contributed by atoms with E-state index in [0.29, 0.717) is 12.2 Å². The van der Waals surface area contributed by atoms with Gasteiger partial charge in [-0.1, -0.05) is 20.4 Å². The van der Waals surface area contributed by atoms with Crippen molar-refractivity contribution in [1.29, 1.82) is 0 Å². The van der Waals surface area contributed by atoms with Gasteiger partial charge in [0.1, 0.15) is 5.76 Å². The number of rotatable bonds is 0. The number of ether oxygens (including phenoxy) is 2. The fourth-order valence-electron chi connectivity index (χ4n) is 3.41. The van der Waals surface area contributed by atoms with Gasteiger partial charge in [0.25, 0.3) is 0 Å². The molecule has 0 radical (unpaired) electrons. The summed E-state index contributed by atoms with van der Waals surface area (Å²) >= 11 is 0. The Morgan fingerprint density at radius 3 is 2.53 bits per heavy atom. The van der Waals surface area contributed by atoms with Crippen LogP contribution in [0.5, 0.6) is 0 Å². The van der Waals surface area contributed by atoms with E-state index < -0.39 is 5.79 Å². The van der Waals surface area contributed by atoms with Crippen LogP contribution in [-0.2, 0) is 9.47 Å². The van der Waals surface area contributed by atoms with Crippen LogP contribution in [-0.4, -0.2) is 10.9 Å². The summed E-state index contributed by atoms with van der Waals surface area (Å²) in [6, 6.07) is 0. The molecule has 0 aromatic carbocycles. The minimum Gasteiger partial charge on any atom is -0.473 e. The van der Waals surface area contributed by atoms with Crippen molar-refractivity contribution in [2.45, 2.75) is 39.4 Å². The molecule has 1 aliphatic carbocycles. The molecule has 3 aliphatic rings. The zero-order valence-corrected chi connectivity index (χ0v) is 11.7. The van der Waals surface area contributed by atoms with E-state index in [4.69, 9.17) is 9.47 Å². The van der Waals surface area contributed by atoms with Crippen LogP contribution in [0, 0.1) is 10.8 Å². The summed E-state index contributed by atoms with van der Waals surface area (Å²) in [5.41, 5.74) is 1.62. The highest BCUT2D eigenvalue weighted by Gasteiger charge is 2.58. The third kappa shape index (κ3) is 1.54. The molecule has 0 spiro atoms. The van der Waals surface area contributed by atoms with Gasteiger partial charge in [-0.15, -0.1) is 0 Å². The monoisotopic (exact) mass is 260 g/mol. The highest BCUT2D eigenvalue weighted by Crippen LogP contribution is 2.61. The highest BCUT2D eigenvalue weighted by molar-refractivity contribution is 5.42. The lowest BCUT2D eigenvalue weighted by Gasteiger charge is -2.51. The molecular formula is C16H20O3. The normalized spacial score (nSPS) is 44.3. The molecule has 0 saturated heterocycles. The maximum atomic E-state index is 10.8. The lowest BCUT2D eigenvalue weighted by molar-refractivity contribution is -0.177.